The van der Waals surface area contributed by atoms with Gasteiger partial charge in [0.2, 0.25) is 10.0 Å². The maximum Gasteiger partial charge on any atom is 0.315 e. The first kappa shape index (κ1) is 17.7. The number of carbonyl (C=O) groups excluding carboxylic acids is 1. The van der Waals surface area contributed by atoms with Crippen LogP contribution in [0.5, 0.6) is 0 Å². The molecule has 0 bridgehead atoms. The minimum Gasteiger partial charge on any atom is -0.481 e. The van der Waals surface area contributed by atoms with Crippen LogP contribution in [0.15, 0.2) is 0 Å². The minimum atomic E-state index is -3.37. The number of carboxylic acids is 1. The van der Waals surface area contributed by atoms with Gasteiger partial charge in [-0.1, -0.05) is 19.3 Å². The summed E-state index contributed by atoms with van der Waals surface area (Å²) in [6.07, 6.45) is 3.92. The molecule has 0 unspecified atom stereocenters. The SMILES string of the molecule is CNS(=O)(=O)CCNC(=O)NC1(CC(=O)O)CCCCC1. The highest BCUT2D eigenvalue weighted by atomic mass is 32.2. The van der Waals surface area contributed by atoms with Crippen molar-refractivity contribution in [2.75, 3.05) is 19.3 Å². The smallest absolute Gasteiger partial charge is 0.315 e. The molecule has 0 aromatic carbocycles. The number of carbonyl (C=O) groups is 2. The summed E-state index contributed by atoms with van der Waals surface area (Å²) in [7, 11) is -2.06. The van der Waals surface area contributed by atoms with E-state index >= 15 is 0 Å². The van der Waals surface area contributed by atoms with Crippen molar-refractivity contribution in [2.24, 2.45) is 0 Å². The van der Waals surface area contributed by atoms with Crippen LogP contribution in [0.25, 0.3) is 0 Å². The maximum atomic E-state index is 11.8. The Kier molecular flexibility index (Phi) is 6.41. The quantitative estimate of drug-likeness (QED) is 0.526. The minimum absolute atomic E-state index is 0.0296. The number of sulfonamides is 1. The largest absolute Gasteiger partial charge is 0.481 e. The summed E-state index contributed by atoms with van der Waals surface area (Å²) in [6.45, 7) is -0.0296. The van der Waals surface area contributed by atoms with Crippen molar-refractivity contribution in [1.29, 1.82) is 0 Å². The molecule has 122 valence electrons. The predicted molar refractivity (Wildman–Crippen MR) is 77.4 cm³/mol. The Labute approximate surface area is 124 Å². The van der Waals surface area contributed by atoms with Gasteiger partial charge < -0.3 is 15.7 Å². The van der Waals surface area contributed by atoms with Gasteiger partial charge in [-0.25, -0.2) is 17.9 Å². The molecule has 8 nitrogen and oxygen atoms in total. The van der Waals surface area contributed by atoms with Crippen LogP contribution >= 0.6 is 0 Å². The van der Waals surface area contributed by atoms with E-state index in [0.29, 0.717) is 12.8 Å². The number of nitrogens with one attached hydrogen (secondary N) is 3. The monoisotopic (exact) mass is 321 g/mol. The van der Waals surface area contributed by atoms with E-state index in [9.17, 15) is 18.0 Å². The molecule has 1 rings (SSSR count). The number of urea groups is 1. The third-order valence-electron chi connectivity index (χ3n) is 3.65. The maximum absolute atomic E-state index is 11.8. The number of hydrogen-bond acceptors (Lipinski definition) is 4. The second-order valence-electron chi connectivity index (χ2n) is 5.32. The van der Waals surface area contributed by atoms with Gasteiger partial charge in [-0.05, 0) is 19.9 Å². The van der Waals surface area contributed by atoms with Gasteiger partial charge in [-0.15, -0.1) is 0 Å². The van der Waals surface area contributed by atoms with Gasteiger partial charge in [0.05, 0.1) is 17.7 Å². The molecule has 0 saturated heterocycles. The zero-order chi connectivity index (χ0) is 15.9. The fourth-order valence-corrected chi connectivity index (χ4v) is 3.12. The summed E-state index contributed by atoms with van der Waals surface area (Å²) in [5.74, 6) is -1.17. The summed E-state index contributed by atoms with van der Waals surface area (Å²) in [6, 6.07) is -0.524. The molecular formula is C12H23N3O5S. The molecular weight excluding hydrogens is 298 g/mol. The van der Waals surface area contributed by atoms with Crippen molar-refractivity contribution < 1.29 is 23.1 Å². The van der Waals surface area contributed by atoms with E-state index in [1.54, 1.807) is 0 Å². The fourth-order valence-electron chi connectivity index (χ4n) is 2.55. The lowest BCUT2D eigenvalue weighted by molar-refractivity contribution is -0.139. The van der Waals surface area contributed by atoms with Gasteiger partial charge in [0, 0.05) is 6.54 Å². The van der Waals surface area contributed by atoms with Gasteiger partial charge in [-0.3, -0.25) is 4.79 Å². The molecule has 1 saturated carbocycles. The first-order valence-electron chi connectivity index (χ1n) is 6.98. The third kappa shape index (κ3) is 6.30. The Hall–Kier alpha value is -1.35. The second-order valence-corrected chi connectivity index (χ2v) is 7.36. The van der Waals surface area contributed by atoms with Crippen molar-refractivity contribution in [3.8, 4) is 0 Å². The van der Waals surface area contributed by atoms with Crippen LogP contribution in [0.4, 0.5) is 4.79 Å². The predicted octanol–water partition coefficient (Wildman–Crippen LogP) is 0.0124. The standard InChI is InChI=1S/C12H23N3O5S/c1-13-21(19,20)8-7-14-11(18)15-12(9-10(16)17)5-3-2-4-6-12/h13H,2-9H2,1H3,(H,16,17)(H2,14,15,18). The fraction of sp³-hybridized carbons (Fsp3) is 0.833. The molecule has 0 heterocycles. The lowest BCUT2D eigenvalue weighted by Gasteiger charge is -2.36. The van der Waals surface area contributed by atoms with Crippen LogP contribution in [0.2, 0.25) is 0 Å². The van der Waals surface area contributed by atoms with E-state index in [0.717, 1.165) is 19.3 Å². The van der Waals surface area contributed by atoms with Crippen molar-refractivity contribution in [2.45, 2.75) is 44.1 Å². The number of amides is 2. The summed E-state index contributed by atoms with van der Waals surface area (Å²) in [5.41, 5.74) is -0.726. The second kappa shape index (κ2) is 7.60. The zero-order valence-corrected chi connectivity index (χ0v) is 13.0. The molecule has 9 heteroatoms. The zero-order valence-electron chi connectivity index (χ0n) is 12.1. The normalized spacial score (nSPS) is 18.0. The molecule has 4 N–H and O–H groups in total. The van der Waals surface area contributed by atoms with Gasteiger partial charge in [0.15, 0.2) is 0 Å². The summed E-state index contributed by atoms with van der Waals surface area (Å²) in [5, 5.41) is 14.2. The summed E-state index contributed by atoms with van der Waals surface area (Å²) < 4.78 is 24.6. The van der Waals surface area contributed by atoms with Crippen LogP contribution in [-0.4, -0.2) is 50.4 Å². The number of aliphatic carboxylic acids is 1. The number of hydrogen-bond donors (Lipinski definition) is 4. The van der Waals surface area contributed by atoms with Gasteiger partial charge in [0.25, 0.3) is 0 Å². The van der Waals surface area contributed by atoms with Gasteiger partial charge in [0.1, 0.15) is 0 Å². The van der Waals surface area contributed by atoms with Crippen LogP contribution < -0.4 is 15.4 Å². The average molecular weight is 321 g/mol. The van der Waals surface area contributed by atoms with E-state index in [2.05, 4.69) is 15.4 Å². The molecule has 0 aliphatic heterocycles. The van der Waals surface area contributed by atoms with E-state index in [1.807, 2.05) is 0 Å². The molecule has 1 aliphatic rings. The number of rotatable bonds is 7. The van der Waals surface area contributed by atoms with E-state index in [1.165, 1.54) is 7.05 Å². The van der Waals surface area contributed by atoms with Crippen molar-refractivity contribution >= 4 is 22.0 Å². The molecule has 1 fully saturated rings. The Morgan fingerprint density at radius 2 is 1.81 bits per heavy atom. The Bertz CT molecular complexity index is 471. The lowest BCUT2D eigenvalue weighted by atomic mass is 9.79. The van der Waals surface area contributed by atoms with Gasteiger partial charge in [-0.2, -0.15) is 0 Å². The van der Waals surface area contributed by atoms with E-state index < -0.39 is 27.6 Å². The molecule has 0 aromatic rings. The lowest BCUT2D eigenvalue weighted by Crippen LogP contribution is -2.54. The highest BCUT2D eigenvalue weighted by molar-refractivity contribution is 7.89. The van der Waals surface area contributed by atoms with Crippen LogP contribution in [-0.2, 0) is 14.8 Å². The number of carboxylic acid groups (broad SMARTS) is 1. The Balaban J connectivity index is 2.51. The molecule has 2 amide bonds. The van der Waals surface area contributed by atoms with Crippen molar-refractivity contribution in [3.63, 3.8) is 0 Å². The average Bonchev–Trinajstić information content (AvgIpc) is 2.38. The molecule has 0 atom stereocenters. The third-order valence-corrected chi connectivity index (χ3v) is 5.01. The Morgan fingerprint density at radius 3 is 2.33 bits per heavy atom. The first-order valence-corrected chi connectivity index (χ1v) is 8.63. The Morgan fingerprint density at radius 1 is 1.19 bits per heavy atom. The molecule has 1 aliphatic carbocycles. The van der Waals surface area contributed by atoms with Crippen LogP contribution in [0.1, 0.15) is 38.5 Å². The molecule has 0 radical (unpaired) electrons. The van der Waals surface area contributed by atoms with Crippen molar-refractivity contribution in [3.05, 3.63) is 0 Å². The summed E-state index contributed by atoms with van der Waals surface area (Å²) in [4.78, 5) is 22.8. The highest BCUT2D eigenvalue weighted by Gasteiger charge is 2.35. The van der Waals surface area contributed by atoms with Gasteiger partial charge >= 0.3 is 12.0 Å². The van der Waals surface area contributed by atoms with E-state index in [4.69, 9.17) is 5.11 Å². The van der Waals surface area contributed by atoms with Crippen molar-refractivity contribution in [1.82, 2.24) is 15.4 Å². The molecule has 0 spiro atoms. The summed E-state index contributed by atoms with van der Waals surface area (Å²) >= 11 is 0. The topological polar surface area (TPSA) is 125 Å². The van der Waals surface area contributed by atoms with E-state index in [-0.39, 0.29) is 18.7 Å². The van der Waals surface area contributed by atoms with Crippen LogP contribution in [0.3, 0.4) is 0 Å². The van der Waals surface area contributed by atoms with Crippen LogP contribution in [0, 0.1) is 0 Å². The molecule has 21 heavy (non-hydrogen) atoms. The highest BCUT2D eigenvalue weighted by Crippen LogP contribution is 2.31. The first-order chi connectivity index (χ1) is 9.79. The molecule has 0 aromatic heterocycles.